The monoisotopic (exact) mass is 586 g/mol. The number of carbonyl (C=O) groups is 2. The van der Waals surface area contributed by atoms with Gasteiger partial charge in [0.05, 0.1) is 6.61 Å². The van der Waals surface area contributed by atoms with E-state index in [1.165, 1.54) is 57.8 Å². The van der Waals surface area contributed by atoms with E-state index in [1.807, 2.05) is 12.2 Å². The number of unbranched alkanes of at least 4 members (excludes halogenated alkanes) is 11. The molecule has 240 valence electrons. The number of esters is 2. The van der Waals surface area contributed by atoms with Gasteiger partial charge in [-0.2, -0.15) is 0 Å². The minimum absolute atomic E-state index is 0.101. The fourth-order valence-electron chi connectivity index (χ4n) is 4.27. The second-order valence-corrected chi connectivity index (χ2v) is 10.9. The zero-order valence-electron chi connectivity index (χ0n) is 27.0. The molecule has 0 saturated carbocycles. The summed E-state index contributed by atoms with van der Waals surface area (Å²) in [4.78, 5) is 24.1. The second kappa shape index (κ2) is 33.1. The van der Waals surface area contributed by atoms with Crippen molar-refractivity contribution in [1.82, 2.24) is 0 Å². The predicted molar refractivity (Wildman–Crippen MR) is 177 cm³/mol. The lowest BCUT2D eigenvalue weighted by molar-refractivity contribution is -0.161. The van der Waals surface area contributed by atoms with Crippen LogP contribution in [0.3, 0.4) is 0 Å². The van der Waals surface area contributed by atoms with E-state index in [4.69, 9.17) is 9.47 Å². The highest BCUT2D eigenvalue weighted by atomic mass is 16.6. The molecule has 0 rings (SSSR count). The average Bonchev–Trinajstić information content (AvgIpc) is 2.99. The maximum atomic E-state index is 12.0. The number of hydrogen-bond donors (Lipinski definition) is 1. The number of allylic oxidation sites excluding steroid dienone is 10. The highest BCUT2D eigenvalue weighted by molar-refractivity contribution is 5.70. The summed E-state index contributed by atoms with van der Waals surface area (Å²) in [6.07, 6.45) is 41.4. The molecule has 1 atom stereocenters. The molecule has 0 aliphatic heterocycles. The van der Waals surface area contributed by atoms with Crippen LogP contribution >= 0.6 is 0 Å². The van der Waals surface area contributed by atoms with Crippen LogP contribution in [0.15, 0.2) is 60.8 Å². The molecule has 0 aliphatic carbocycles. The van der Waals surface area contributed by atoms with Crippen LogP contribution in [0, 0.1) is 0 Å². The molecule has 0 spiro atoms. The van der Waals surface area contributed by atoms with Crippen LogP contribution in [0.1, 0.15) is 142 Å². The summed E-state index contributed by atoms with van der Waals surface area (Å²) in [7, 11) is 0. The van der Waals surface area contributed by atoms with Gasteiger partial charge in [-0.3, -0.25) is 9.59 Å². The van der Waals surface area contributed by atoms with Crippen molar-refractivity contribution in [3.8, 4) is 0 Å². The Bertz CT molecular complexity index is 762. The first-order valence-corrected chi connectivity index (χ1v) is 16.8. The van der Waals surface area contributed by atoms with E-state index >= 15 is 0 Å². The van der Waals surface area contributed by atoms with Crippen molar-refractivity contribution in [2.24, 2.45) is 0 Å². The molecule has 0 fully saturated rings. The van der Waals surface area contributed by atoms with E-state index in [0.717, 1.165) is 51.4 Å². The molecule has 1 N–H and O–H groups in total. The zero-order valence-corrected chi connectivity index (χ0v) is 27.0. The van der Waals surface area contributed by atoms with Gasteiger partial charge in [0.1, 0.15) is 6.61 Å². The van der Waals surface area contributed by atoms with Gasteiger partial charge < -0.3 is 14.6 Å². The number of ether oxygens (including phenoxy) is 2. The SMILES string of the molecule is CC/C=C\C/C=C\C/C=C\C/C=C\CCC(=O)OC(CO)COC(=O)CCCCCCC/C=C\CCCCCCCC. The maximum absolute atomic E-state index is 12.0. The number of rotatable bonds is 29. The van der Waals surface area contributed by atoms with E-state index in [2.05, 4.69) is 62.5 Å². The summed E-state index contributed by atoms with van der Waals surface area (Å²) >= 11 is 0. The summed E-state index contributed by atoms with van der Waals surface area (Å²) in [5.74, 6) is -0.702. The number of aliphatic hydroxyl groups is 1. The van der Waals surface area contributed by atoms with Crippen molar-refractivity contribution in [2.45, 2.75) is 148 Å². The Morgan fingerprint density at radius 3 is 1.64 bits per heavy atom. The van der Waals surface area contributed by atoms with Crippen LogP contribution in [0.4, 0.5) is 0 Å². The van der Waals surface area contributed by atoms with Gasteiger partial charge in [-0.25, -0.2) is 0 Å². The minimum Gasteiger partial charge on any atom is -0.462 e. The standard InChI is InChI=1S/C37H62O5/c1-3-5-7-9-11-13-15-17-18-20-21-23-25-27-29-31-36(39)41-34-35(33-38)42-37(40)32-30-28-26-24-22-19-16-14-12-10-8-6-4-2/h6,8,12,14,17-19,22,26,28,35,38H,3-5,7,9-11,13,15-16,20-21,23-25,27,29-34H2,1-2H3/b8-6-,14-12-,18-17-,22-19-,28-26-. The second-order valence-electron chi connectivity index (χ2n) is 10.9. The van der Waals surface area contributed by atoms with Crippen molar-refractivity contribution in [3.63, 3.8) is 0 Å². The Hall–Kier alpha value is -2.40. The first-order valence-electron chi connectivity index (χ1n) is 16.8. The van der Waals surface area contributed by atoms with Gasteiger partial charge in [-0.15, -0.1) is 0 Å². The predicted octanol–water partition coefficient (Wildman–Crippen LogP) is 10.1. The quantitative estimate of drug-likeness (QED) is 0.0536. The lowest BCUT2D eigenvalue weighted by atomic mass is 10.1. The zero-order chi connectivity index (χ0) is 30.8. The van der Waals surface area contributed by atoms with Crippen molar-refractivity contribution in [2.75, 3.05) is 13.2 Å². The molecule has 0 aromatic rings. The summed E-state index contributed by atoms with van der Waals surface area (Å²) in [6.45, 7) is 3.92. The smallest absolute Gasteiger partial charge is 0.306 e. The molecule has 0 aliphatic rings. The molecule has 5 nitrogen and oxygen atoms in total. The molecule has 5 heteroatoms. The largest absolute Gasteiger partial charge is 0.462 e. The lowest BCUT2D eigenvalue weighted by Gasteiger charge is -2.15. The summed E-state index contributed by atoms with van der Waals surface area (Å²) in [5.41, 5.74) is 0. The summed E-state index contributed by atoms with van der Waals surface area (Å²) < 4.78 is 10.5. The van der Waals surface area contributed by atoms with Crippen LogP contribution < -0.4 is 0 Å². The molecule has 0 saturated heterocycles. The third kappa shape index (κ3) is 30.6. The van der Waals surface area contributed by atoms with E-state index in [9.17, 15) is 14.7 Å². The van der Waals surface area contributed by atoms with Gasteiger partial charge in [-0.1, -0.05) is 126 Å². The number of aliphatic hydroxyl groups excluding tert-OH is 1. The van der Waals surface area contributed by atoms with Gasteiger partial charge in [0, 0.05) is 12.8 Å². The van der Waals surface area contributed by atoms with Gasteiger partial charge in [0.15, 0.2) is 6.10 Å². The van der Waals surface area contributed by atoms with E-state index in [0.29, 0.717) is 12.8 Å². The van der Waals surface area contributed by atoms with E-state index < -0.39 is 12.1 Å². The molecule has 0 bridgehead atoms. The highest BCUT2D eigenvalue weighted by Crippen LogP contribution is 2.11. The van der Waals surface area contributed by atoms with Crippen LogP contribution in [0.2, 0.25) is 0 Å². The summed E-state index contributed by atoms with van der Waals surface area (Å²) in [5, 5.41) is 9.49. The van der Waals surface area contributed by atoms with Crippen molar-refractivity contribution >= 4 is 11.9 Å². The van der Waals surface area contributed by atoms with E-state index in [-0.39, 0.29) is 25.6 Å². The van der Waals surface area contributed by atoms with Crippen molar-refractivity contribution in [3.05, 3.63) is 60.8 Å². The molecule has 0 amide bonds. The third-order valence-electron chi connectivity index (χ3n) is 6.81. The molecular weight excluding hydrogens is 524 g/mol. The Morgan fingerprint density at radius 2 is 1.07 bits per heavy atom. The summed E-state index contributed by atoms with van der Waals surface area (Å²) in [6, 6.07) is 0. The van der Waals surface area contributed by atoms with Crippen molar-refractivity contribution < 1.29 is 24.2 Å². The molecule has 0 radical (unpaired) electrons. The van der Waals surface area contributed by atoms with Crippen LogP contribution in [-0.4, -0.2) is 36.4 Å². The molecule has 0 heterocycles. The fraction of sp³-hybridized carbons (Fsp3) is 0.676. The Labute approximate surface area is 258 Å². The third-order valence-corrected chi connectivity index (χ3v) is 6.81. The topological polar surface area (TPSA) is 72.8 Å². The first kappa shape index (κ1) is 39.6. The molecule has 0 aromatic heterocycles. The minimum atomic E-state index is -0.812. The molecular formula is C37H62O5. The van der Waals surface area contributed by atoms with Crippen LogP contribution in [0.5, 0.6) is 0 Å². The number of carbonyl (C=O) groups excluding carboxylic acids is 2. The van der Waals surface area contributed by atoms with Crippen LogP contribution in [0.25, 0.3) is 0 Å². The Kier molecular flexibility index (Phi) is 31.2. The molecule has 0 aromatic carbocycles. The highest BCUT2D eigenvalue weighted by Gasteiger charge is 2.15. The molecule has 1 unspecified atom stereocenters. The number of hydrogen-bond acceptors (Lipinski definition) is 5. The van der Waals surface area contributed by atoms with Gasteiger partial charge in [-0.05, 0) is 64.2 Å². The Morgan fingerprint density at radius 1 is 0.571 bits per heavy atom. The van der Waals surface area contributed by atoms with Gasteiger partial charge in [0.25, 0.3) is 0 Å². The Balaban J connectivity index is 3.71. The first-order chi connectivity index (χ1) is 20.6. The van der Waals surface area contributed by atoms with E-state index in [1.54, 1.807) is 0 Å². The van der Waals surface area contributed by atoms with Crippen molar-refractivity contribution in [1.29, 1.82) is 0 Å². The normalized spacial score (nSPS) is 12.9. The molecule has 42 heavy (non-hydrogen) atoms. The van der Waals surface area contributed by atoms with Gasteiger partial charge >= 0.3 is 11.9 Å². The fourth-order valence-corrected chi connectivity index (χ4v) is 4.27. The average molecular weight is 587 g/mol. The maximum Gasteiger partial charge on any atom is 0.306 e. The van der Waals surface area contributed by atoms with Crippen LogP contribution in [-0.2, 0) is 19.1 Å². The lowest BCUT2D eigenvalue weighted by Crippen LogP contribution is -2.28. The van der Waals surface area contributed by atoms with Gasteiger partial charge in [0.2, 0.25) is 0 Å².